The predicted octanol–water partition coefficient (Wildman–Crippen LogP) is 4.04. The third-order valence-electron chi connectivity index (χ3n) is 5.59. The Morgan fingerprint density at radius 3 is 2.43 bits per heavy atom. The Kier molecular flexibility index (Phi) is 5.90. The summed E-state index contributed by atoms with van der Waals surface area (Å²) in [5, 5.41) is 9.44. The average Bonchev–Trinajstić information content (AvgIpc) is 3.27. The highest BCUT2D eigenvalue weighted by Gasteiger charge is 2.16. The molecule has 2 aromatic rings. The highest BCUT2D eigenvalue weighted by Crippen LogP contribution is 2.32. The molecule has 2 aliphatic rings. The Bertz CT molecular complexity index is 821. The van der Waals surface area contributed by atoms with Gasteiger partial charge in [0.05, 0.1) is 6.54 Å². The second-order valence-electron chi connectivity index (χ2n) is 7.62. The van der Waals surface area contributed by atoms with E-state index in [4.69, 9.17) is 0 Å². The first-order valence-corrected chi connectivity index (χ1v) is 10.3. The number of carbonyl (C=O) groups excluding carboxylic acids is 1. The monoisotopic (exact) mass is 376 g/mol. The van der Waals surface area contributed by atoms with Gasteiger partial charge >= 0.3 is 0 Å². The van der Waals surface area contributed by atoms with Crippen molar-refractivity contribution in [2.75, 3.05) is 18.4 Å². The van der Waals surface area contributed by atoms with E-state index in [9.17, 15) is 4.79 Å². The molecule has 0 unspecified atom stereocenters. The van der Waals surface area contributed by atoms with Gasteiger partial charge in [-0.05, 0) is 54.2 Å². The number of carbonyl (C=O) groups is 1. The van der Waals surface area contributed by atoms with Gasteiger partial charge in [0.15, 0.2) is 5.96 Å². The Morgan fingerprint density at radius 2 is 1.75 bits per heavy atom. The maximum atomic E-state index is 12.5. The Hall–Kier alpha value is -2.82. The van der Waals surface area contributed by atoms with Crippen LogP contribution < -0.4 is 16.0 Å². The van der Waals surface area contributed by atoms with Gasteiger partial charge in [0.1, 0.15) is 0 Å². The van der Waals surface area contributed by atoms with Gasteiger partial charge < -0.3 is 16.0 Å². The quantitative estimate of drug-likeness (QED) is 0.738. The van der Waals surface area contributed by atoms with Crippen LogP contribution in [0.4, 0.5) is 5.69 Å². The van der Waals surface area contributed by atoms with Crippen LogP contribution in [-0.2, 0) is 6.54 Å². The van der Waals surface area contributed by atoms with Gasteiger partial charge in [-0.1, -0.05) is 43.5 Å². The number of hydrogen-bond acceptors (Lipinski definition) is 4. The standard InChI is InChI=1S/C23H28N4O/c28-22(20-10-8-19(9-11-20)18-4-2-1-3-5-18)26-16-17-6-12-21(13-7-17)27-23-24-14-15-25-23/h6-13,18H,1-5,14-16H2,(H,26,28)(H2,24,25,27). The molecule has 0 atom stereocenters. The van der Waals surface area contributed by atoms with Crippen molar-refractivity contribution in [2.45, 2.75) is 44.6 Å². The van der Waals surface area contributed by atoms with E-state index in [1.165, 1.54) is 37.7 Å². The summed E-state index contributed by atoms with van der Waals surface area (Å²) in [7, 11) is 0. The molecule has 4 rings (SSSR count). The van der Waals surface area contributed by atoms with E-state index < -0.39 is 0 Å². The zero-order valence-electron chi connectivity index (χ0n) is 16.2. The first-order chi connectivity index (χ1) is 13.8. The molecule has 3 N–H and O–H groups in total. The molecule has 0 radical (unpaired) electrons. The summed E-state index contributed by atoms with van der Waals surface area (Å²) in [5.74, 6) is 1.46. The van der Waals surface area contributed by atoms with Crippen LogP contribution in [0.1, 0.15) is 59.5 Å². The third-order valence-corrected chi connectivity index (χ3v) is 5.59. The summed E-state index contributed by atoms with van der Waals surface area (Å²) in [4.78, 5) is 16.8. The summed E-state index contributed by atoms with van der Waals surface area (Å²) in [6.45, 7) is 2.21. The molecule has 0 saturated heterocycles. The van der Waals surface area contributed by atoms with Crippen molar-refractivity contribution in [3.05, 3.63) is 65.2 Å². The van der Waals surface area contributed by atoms with Gasteiger partial charge in [0, 0.05) is 24.3 Å². The summed E-state index contributed by atoms with van der Waals surface area (Å²) in [5.41, 5.74) is 4.16. The van der Waals surface area contributed by atoms with Gasteiger partial charge in [-0.15, -0.1) is 0 Å². The van der Waals surface area contributed by atoms with Gasteiger partial charge in [-0.2, -0.15) is 0 Å². The minimum atomic E-state index is -0.0260. The number of nitrogens with one attached hydrogen (secondary N) is 3. The Labute approximate surface area is 166 Å². The molecule has 1 amide bonds. The molecule has 1 fully saturated rings. The summed E-state index contributed by atoms with van der Waals surface area (Å²) in [6.07, 6.45) is 6.57. The van der Waals surface area contributed by atoms with Crippen LogP contribution >= 0.6 is 0 Å². The molecule has 1 saturated carbocycles. The van der Waals surface area contributed by atoms with E-state index in [1.807, 2.05) is 36.4 Å². The Balaban J connectivity index is 1.28. The fraction of sp³-hybridized carbons (Fsp3) is 0.391. The van der Waals surface area contributed by atoms with E-state index in [1.54, 1.807) is 0 Å². The second-order valence-corrected chi connectivity index (χ2v) is 7.62. The molecule has 2 aromatic carbocycles. The van der Waals surface area contributed by atoms with Crippen molar-refractivity contribution in [2.24, 2.45) is 4.99 Å². The van der Waals surface area contributed by atoms with E-state index in [-0.39, 0.29) is 5.91 Å². The average molecular weight is 377 g/mol. The molecule has 28 heavy (non-hydrogen) atoms. The lowest BCUT2D eigenvalue weighted by molar-refractivity contribution is 0.0951. The number of nitrogens with zero attached hydrogens (tertiary/aromatic N) is 1. The van der Waals surface area contributed by atoms with Crippen LogP contribution in [0.3, 0.4) is 0 Å². The topological polar surface area (TPSA) is 65.5 Å². The van der Waals surface area contributed by atoms with Crippen molar-refractivity contribution in [1.82, 2.24) is 10.6 Å². The number of aliphatic imine (C=N–C) groups is 1. The maximum absolute atomic E-state index is 12.5. The van der Waals surface area contributed by atoms with Crippen LogP contribution in [0, 0.1) is 0 Å². The van der Waals surface area contributed by atoms with Crippen LogP contribution in [0.5, 0.6) is 0 Å². The van der Waals surface area contributed by atoms with Gasteiger partial charge in [-0.25, -0.2) is 0 Å². The van der Waals surface area contributed by atoms with Crippen molar-refractivity contribution in [1.29, 1.82) is 0 Å². The molecule has 5 heteroatoms. The van der Waals surface area contributed by atoms with Crippen LogP contribution in [-0.4, -0.2) is 25.0 Å². The fourth-order valence-corrected chi connectivity index (χ4v) is 3.95. The summed E-state index contributed by atoms with van der Waals surface area (Å²) in [6, 6.07) is 16.2. The molecule has 1 aliphatic heterocycles. The first kappa shape index (κ1) is 18.5. The molecule has 0 bridgehead atoms. The smallest absolute Gasteiger partial charge is 0.251 e. The van der Waals surface area contributed by atoms with Crippen molar-refractivity contribution in [3.63, 3.8) is 0 Å². The van der Waals surface area contributed by atoms with E-state index >= 15 is 0 Å². The van der Waals surface area contributed by atoms with E-state index in [2.05, 4.69) is 33.1 Å². The lowest BCUT2D eigenvalue weighted by Crippen LogP contribution is -2.26. The second kappa shape index (κ2) is 8.91. The molecule has 1 aliphatic carbocycles. The van der Waals surface area contributed by atoms with Crippen LogP contribution in [0.2, 0.25) is 0 Å². The molecular formula is C23H28N4O. The largest absolute Gasteiger partial charge is 0.354 e. The van der Waals surface area contributed by atoms with Crippen molar-refractivity contribution in [3.8, 4) is 0 Å². The van der Waals surface area contributed by atoms with E-state index in [0.717, 1.165) is 35.9 Å². The van der Waals surface area contributed by atoms with Crippen LogP contribution in [0.25, 0.3) is 0 Å². The maximum Gasteiger partial charge on any atom is 0.251 e. The Morgan fingerprint density at radius 1 is 1.00 bits per heavy atom. The fourth-order valence-electron chi connectivity index (χ4n) is 3.95. The lowest BCUT2D eigenvalue weighted by Gasteiger charge is -2.22. The molecule has 1 heterocycles. The number of anilines is 1. The molecular weight excluding hydrogens is 348 g/mol. The van der Waals surface area contributed by atoms with Crippen LogP contribution in [0.15, 0.2) is 53.5 Å². The first-order valence-electron chi connectivity index (χ1n) is 10.3. The number of hydrogen-bond donors (Lipinski definition) is 3. The highest BCUT2D eigenvalue weighted by molar-refractivity contribution is 5.95. The minimum absolute atomic E-state index is 0.0260. The molecule has 5 nitrogen and oxygen atoms in total. The minimum Gasteiger partial charge on any atom is -0.354 e. The number of rotatable bonds is 5. The third kappa shape index (κ3) is 4.71. The molecule has 146 valence electrons. The van der Waals surface area contributed by atoms with Gasteiger partial charge in [0.25, 0.3) is 5.91 Å². The zero-order valence-corrected chi connectivity index (χ0v) is 16.2. The molecule has 0 aromatic heterocycles. The highest BCUT2D eigenvalue weighted by atomic mass is 16.1. The normalized spacial score (nSPS) is 16.9. The lowest BCUT2D eigenvalue weighted by atomic mass is 9.84. The zero-order chi connectivity index (χ0) is 19.2. The van der Waals surface area contributed by atoms with Gasteiger partial charge in [-0.3, -0.25) is 9.79 Å². The van der Waals surface area contributed by atoms with Gasteiger partial charge in [0.2, 0.25) is 0 Å². The predicted molar refractivity (Wildman–Crippen MR) is 114 cm³/mol. The van der Waals surface area contributed by atoms with E-state index in [0.29, 0.717) is 12.5 Å². The summed E-state index contributed by atoms with van der Waals surface area (Å²) >= 11 is 0. The number of guanidine groups is 1. The van der Waals surface area contributed by atoms with Crippen molar-refractivity contribution >= 4 is 17.6 Å². The summed E-state index contributed by atoms with van der Waals surface area (Å²) < 4.78 is 0. The SMILES string of the molecule is O=C(NCc1ccc(NC2=NCCN2)cc1)c1ccc(C2CCCCC2)cc1. The number of amides is 1. The molecule has 0 spiro atoms. The van der Waals surface area contributed by atoms with Crippen molar-refractivity contribution < 1.29 is 4.79 Å². The number of benzene rings is 2.